The zero-order valence-corrected chi connectivity index (χ0v) is 6.56. The van der Waals surface area contributed by atoms with Crippen molar-refractivity contribution in [3.05, 3.63) is 0 Å². The predicted molar refractivity (Wildman–Crippen MR) is 36.9 cm³/mol. The minimum atomic E-state index is -0.312. The lowest BCUT2D eigenvalue weighted by molar-refractivity contribution is -0.195. The highest BCUT2D eigenvalue weighted by atomic mass is 16.8. The monoisotopic (exact) mass is 170 g/mol. The van der Waals surface area contributed by atoms with Crippen molar-refractivity contribution in [3.63, 3.8) is 0 Å². The molecule has 0 aromatic heterocycles. The van der Waals surface area contributed by atoms with E-state index in [2.05, 4.69) is 0 Å². The van der Waals surface area contributed by atoms with Crippen LogP contribution in [-0.2, 0) is 19.0 Å². The second-order valence-electron chi connectivity index (χ2n) is 3.55. The lowest BCUT2D eigenvalue weighted by atomic mass is 9.91. The smallest absolute Gasteiger partial charge is 0.308 e. The second-order valence-corrected chi connectivity index (χ2v) is 3.55. The Labute approximate surface area is 69.8 Å². The molecule has 0 unspecified atom stereocenters. The van der Waals surface area contributed by atoms with E-state index in [1.807, 2.05) is 0 Å². The molecule has 4 nitrogen and oxygen atoms in total. The lowest BCUT2D eigenvalue weighted by Gasteiger charge is -2.08. The molecular formula is C8H10O4. The maximum atomic E-state index is 10.9. The summed E-state index contributed by atoms with van der Waals surface area (Å²) < 4.78 is 15.7. The van der Waals surface area contributed by atoms with Crippen LogP contribution in [0.4, 0.5) is 0 Å². The molecular weight excluding hydrogens is 160 g/mol. The van der Waals surface area contributed by atoms with Crippen molar-refractivity contribution in [3.8, 4) is 0 Å². The van der Waals surface area contributed by atoms with Gasteiger partial charge in [-0.1, -0.05) is 0 Å². The Hall–Kier alpha value is -0.610. The first-order valence-electron chi connectivity index (χ1n) is 4.31. The molecule has 0 spiro atoms. The van der Waals surface area contributed by atoms with Gasteiger partial charge in [-0.05, 0) is 6.42 Å². The van der Waals surface area contributed by atoms with E-state index in [0.29, 0.717) is 12.3 Å². The SMILES string of the molecule is O=C1C[C@@H]2[C@H](O1)O[C@H]1OCC[C@H]12. The highest BCUT2D eigenvalue weighted by Crippen LogP contribution is 2.44. The van der Waals surface area contributed by atoms with Crippen molar-refractivity contribution in [1.29, 1.82) is 0 Å². The van der Waals surface area contributed by atoms with Crippen LogP contribution in [0, 0.1) is 11.8 Å². The molecule has 66 valence electrons. The van der Waals surface area contributed by atoms with Crippen LogP contribution >= 0.6 is 0 Å². The molecule has 3 aliphatic rings. The Morgan fingerprint density at radius 1 is 1.25 bits per heavy atom. The second kappa shape index (κ2) is 2.20. The maximum absolute atomic E-state index is 10.9. The van der Waals surface area contributed by atoms with Crippen LogP contribution < -0.4 is 0 Å². The van der Waals surface area contributed by atoms with E-state index >= 15 is 0 Å². The first-order valence-corrected chi connectivity index (χ1v) is 4.31. The van der Waals surface area contributed by atoms with Gasteiger partial charge in [0.1, 0.15) is 0 Å². The fourth-order valence-corrected chi connectivity index (χ4v) is 2.30. The first-order chi connectivity index (χ1) is 5.84. The van der Waals surface area contributed by atoms with Crippen LogP contribution in [0.5, 0.6) is 0 Å². The van der Waals surface area contributed by atoms with Gasteiger partial charge in [0.05, 0.1) is 13.0 Å². The molecule has 0 N–H and O–H groups in total. The highest BCUT2D eigenvalue weighted by Gasteiger charge is 2.53. The number of ether oxygens (including phenoxy) is 3. The number of carbonyl (C=O) groups is 1. The normalized spacial score (nSPS) is 50.5. The first kappa shape index (κ1) is 6.86. The van der Waals surface area contributed by atoms with Gasteiger partial charge in [0.15, 0.2) is 6.29 Å². The summed E-state index contributed by atoms with van der Waals surface area (Å²) in [6.45, 7) is 0.757. The summed E-state index contributed by atoms with van der Waals surface area (Å²) in [5, 5.41) is 0. The molecule has 3 aliphatic heterocycles. The van der Waals surface area contributed by atoms with E-state index in [-0.39, 0.29) is 24.5 Å². The quantitative estimate of drug-likeness (QED) is 0.489. The van der Waals surface area contributed by atoms with Crippen molar-refractivity contribution >= 4 is 5.97 Å². The van der Waals surface area contributed by atoms with E-state index in [1.54, 1.807) is 0 Å². The molecule has 0 amide bonds. The van der Waals surface area contributed by atoms with Crippen LogP contribution in [0.2, 0.25) is 0 Å². The minimum absolute atomic E-state index is 0.104. The molecule has 0 radical (unpaired) electrons. The fraction of sp³-hybridized carbons (Fsp3) is 0.875. The minimum Gasteiger partial charge on any atom is -0.435 e. The van der Waals surface area contributed by atoms with Crippen LogP contribution in [-0.4, -0.2) is 25.2 Å². The van der Waals surface area contributed by atoms with Gasteiger partial charge in [-0.2, -0.15) is 0 Å². The van der Waals surface area contributed by atoms with Crippen LogP contribution in [0.3, 0.4) is 0 Å². The summed E-state index contributed by atoms with van der Waals surface area (Å²) in [6.07, 6.45) is 1.10. The third kappa shape index (κ3) is 0.765. The molecule has 0 aromatic carbocycles. The lowest BCUT2D eigenvalue weighted by Crippen LogP contribution is -2.15. The molecule has 12 heavy (non-hydrogen) atoms. The van der Waals surface area contributed by atoms with Crippen LogP contribution in [0.15, 0.2) is 0 Å². The number of rotatable bonds is 0. The van der Waals surface area contributed by atoms with Crippen molar-refractivity contribution < 1.29 is 19.0 Å². The zero-order chi connectivity index (χ0) is 8.13. The number of carbonyl (C=O) groups excluding carboxylic acids is 1. The van der Waals surface area contributed by atoms with Crippen molar-refractivity contribution in [2.75, 3.05) is 6.61 Å². The summed E-state index contributed by atoms with van der Waals surface area (Å²) in [5.74, 6) is 0.516. The summed E-state index contributed by atoms with van der Waals surface area (Å²) >= 11 is 0. The molecule has 3 saturated heterocycles. The number of hydrogen-bond donors (Lipinski definition) is 0. The van der Waals surface area contributed by atoms with Gasteiger partial charge >= 0.3 is 5.97 Å². The molecule has 3 heterocycles. The summed E-state index contributed by atoms with van der Waals surface area (Å²) in [5.41, 5.74) is 0. The number of fused-ring (bicyclic) bond motifs is 3. The summed E-state index contributed by atoms with van der Waals surface area (Å²) in [7, 11) is 0. The Bertz CT molecular complexity index is 227. The van der Waals surface area contributed by atoms with E-state index < -0.39 is 0 Å². The Kier molecular flexibility index (Phi) is 1.26. The van der Waals surface area contributed by atoms with Crippen LogP contribution in [0.1, 0.15) is 12.8 Å². The van der Waals surface area contributed by atoms with Gasteiger partial charge in [0.25, 0.3) is 0 Å². The topological polar surface area (TPSA) is 44.8 Å². The zero-order valence-electron chi connectivity index (χ0n) is 6.56. The van der Waals surface area contributed by atoms with E-state index in [1.165, 1.54) is 0 Å². The Morgan fingerprint density at radius 2 is 2.17 bits per heavy atom. The molecule has 4 atom stereocenters. The van der Waals surface area contributed by atoms with Gasteiger partial charge in [-0.25, -0.2) is 0 Å². The molecule has 4 heteroatoms. The fourth-order valence-electron chi connectivity index (χ4n) is 2.30. The molecule has 3 rings (SSSR count). The van der Waals surface area contributed by atoms with Gasteiger partial charge in [-0.15, -0.1) is 0 Å². The Balaban J connectivity index is 1.84. The van der Waals surface area contributed by atoms with Gasteiger partial charge < -0.3 is 14.2 Å². The van der Waals surface area contributed by atoms with E-state index in [4.69, 9.17) is 14.2 Å². The average Bonchev–Trinajstić information content (AvgIpc) is 2.59. The highest BCUT2D eigenvalue weighted by molar-refractivity contribution is 5.72. The van der Waals surface area contributed by atoms with Crippen molar-refractivity contribution in [1.82, 2.24) is 0 Å². The summed E-state index contributed by atoms with van der Waals surface area (Å²) in [6, 6.07) is 0. The van der Waals surface area contributed by atoms with Gasteiger partial charge in [0, 0.05) is 11.8 Å². The Morgan fingerprint density at radius 3 is 3.08 bits per heavy atom. The average molecular weight is 170 g/mol. The van der Waals surface area contributed by atoms with Crippen LogP contribution in [0.25, 0.3) is 0 Å². The molecule has 0 aliphatic carbocycles. The van der Waals surface area contributed by atoms with Gasteiger partial charge in [0.2, 0.25) is 6.29 Å². The predicted octanol–water partition coefficient (Wildman–Crippen LogP) is 0.268. The molecule has 0 bridgehead atoms. The third-order valence-electron chi connectivity index (χ3n) is 2.90. The van der Waals surface area contributed by atoms with Crippen molar-refractivity contribution in [2.24, 2.45) is 11.8 Å². The largest absolute Gasteiger partial charge is 0.435 e. The van der Waals surface area contributed by atoms with E-state index in [0.717, 1.165) is 13.0 Å². The molecule has 0 aromatic rings. The van der Waals surface area contributed by atoms with Crippen molar-refractivity contribution in [2.45, 2.75) is 25.4 Å². The standard InChI is InChI=1S/C8H10O4/c9-6-3-5-4-1-2-10-7(4)12-8(5)11-6/h4-5,7-8H,1-3H2/t4-,5-,7+,8+/m0/s1. The number of esters is 1. The maximum Gasteiger partial charge on any atom is 0.308 e. The van der Waals surface area contributed by atoms with E-state index in [9.17, 15) is 4.79 Å². The number of hydrogen-bond acceptors (Lipinski definition) is 4. The van der Waals surface area contributed by atoms with Gasteiger partial charge in [-0.3, -0.25) is 4.79 Å². The summed E-state index contributed by atoms with van der Waals surface area (Å²) in [4.78, 5) is 10.9. The third-order valence-corrected chi connectivity index (χ3v) is 2.90. The molecule has 0 saturated carbocycles. The molecule has 3 fully saturated rings.